The molecule has 3 aromatic heterocycles. The fraction of sp³-hybridized carbons (Fsp3) is 0.0784. The summed E-state index contributed by atoms with van der Waals surface area (Å²) in [6, 6.07) is 147. The third-order valence-electron chi connectivity index (χ3n) is 22.4. The number of nitrogens with zero attached hydrogens (tertiary/aromatic N) is 4. The van der Waals surface area contributed by atoms with E-state index >= 15 is 0 Å². The van der Waals surface area contributed by atoms with Crippen molar-refractivity contribution in [1.82, 2.24) is 19.1 Å². The molecule has 0 aliphatic carbocycles. The highest BCUT2D eigenvalue weighted by Crippen LogP contribution is 2.40. The Morgan fingerprint density at radius 2 is 0.500 bits per heavy atom. The third kappa shape index (κ3) is 11.9. The summed E-state index contributed by atoms with van der Waals surface area (Å²) in [5.74, 6) is 1.36. The van der Waals surface area contributed by atoms with Gasteiger partial charge in [-0.3, -0.25) is 9.13 Å². The number of hydrogen-bond donors (Lipinski definition) is 0. The van der Waals surface area contributed by atoms with Crippen LogP contribution in [0.5, 0.6) is 0 Å². The molecule has 0 bridgehead atoms. The maximum atomic E-state index is 6.14. The van der Waals surface area contributed by atoms with Crippen molar-refractivity contribution < 1.29 is 0 Å². The highest BCUT2D eigenvalue weighted by atomic mass is 28.3. The smallest absolute Gasteiger partial charge is 0.237 e. The number of fused-ring (bicyclic) bond motifs is 6. The van der Waals surface area contributed by atoms with Gasteiger partial charge in [-0.15, -0.1) is 0 Å². The molecule has 15 aromatic carbocycles. The molecular formula is C102H82N4Si2. The highest BCUT2D eigenvalue weighted by Gasteiger charge is 2.47. The van der Waals surface area contributed by atoms with Crippen LogP contribution in [0, 0.1) is 0 Å². The van der Waals surface area contributed by atoms with Crippen molar-refractivity contribution in [3.63, 3.8) is 0 Å². The minimum atomic E-state index is -3.58. The van der Waals surface area contributed by atoms with Gasteiger partial charge in [0.15, 0.2) is 16.1 Å². The van der Waals surface area contributed by atoms with Crippen molar-refractivity contribution >= 4 is 101 Å². The van der Waals surface area contributed by atoms with Gasteiger partial charge in [-0.2, -0.15) is 4.98 Å². The van der Waals surface area contributed by atoms with Crippen molar-refractivity contribution in [3.8, 4) is 67.5 Å². The Kier molecular flexibility index (Phi) is 17.1. The quantitative estimate of drug-likeness (QED) is 0.0757. The summed E-state index contributed by atoms with van der Waals surface area (Å²) in [5, 5.41) is 14.7. The standard InChI is InChI=1S/C102H82N4Si2/c1-101(2,3)80-53-63-97-92(67-80)93-68-81(102(4,5)6)54-64-98(93)105(97)99-70-94(103-100(104-99)106-95-43-27-25-41-90(95)91-42-26-28-44-96(91)106)79-65-88(107(82-37-21-11-22-38-82,84-55-45-75(46-56-84)71-29-13-7-14-30-71)85-57-47-76(48-58-85)72-31-15-8-16-32-72)69-89(66-79)108(83-39-23-12-24-40-83,86-59-49-77(50-60-86)73-33-17-9-18-34-73)87-61-51-78(52-62-87)74-35-19-10-20-36-74/h7-70H,1-6H3. The monoisotopic (exact) mass is 1420 g/mol. The molecule has 108 heavy (non-hydrogen) atoms. The molecule has 4 nitrogen and oxygen atoms in total. The molecule has 6 heteroatoms. The second kappa shape index (κ2) is 27.4. The molecule has 0 amide bonds. The molecule has 0 saturated heterocycles. The van der Waals surface area contributed by atoms with E-state index in [0.29, 0.717) is 5.95 Å². The average Bonchev–Trinajstić information content (AvgIpc) is 1.11. The van der Waals surface area contributed by atoms with Gasteiger partial charge in [0.25, 0.3) is 0 Å². The zero-order valence-corrected chi connectivity index (χ0v) is 63.7. The van der Waals surface area contributed by atoms with Crippen molar-refractivity contribution in [2.24, 2.45) is 0 Å². The van der Waals surface area contributed by atoms with Crippen molar-refractivity contribution in [2.75, 3.05) is 0 Å². The van der Waals surface area contributed by atoms with E-state index in [9.17, 15) is 0 Å². The fourth-order valence-electron chi connectivity index (χ4n) is 16.9. The number of aromatic nitrogens is 4. The number of para-hydroxylation sites is 2. The molecular weight excluding hydrogens is 1340 g/mol. The molecule has 0 unspecified atom stereocenters. The van der Waals surface area contributed by atoms with E-state index in [2.05, 4.69) is 439 Å². The first-order valence-corrected chi connectivity index (χ1v) is 41.7. The molecule has 0 atom stereocenters. The molecule has 0 saturated carbocycles. The van der Waals surface area contributed by atoms with Gasteiger partial charge in [-0.25, -0.2) is 4.98 Å². The molecule has 0 spiro atoms. The van der Waals surface area contributed by atoms with E-state index in [4.69, 9.17) is 9.97 Å². The summed E-state index contributed by atoms with van der Waals surface area (Å²) in [5.41, 5.74) is 17.7. The summed E-state index contributed by atoms with van der Waals surface area (Å²) in [6.07, 6.45) is 0. The summed E-state index contributed by atoms with van der Waals surface area (Å²) >= 11 is 0. The second-order valence-corrected chi connectivity index (χ2v) is 38.5. The first-order valence-electron chi connectivity index (χ1n) is 37.7. The highest BCUT2D eigenvalue weighted by molar-refractivity contribution is 7.22. The molecule has 0 fully saturated rings. The van der Waals surface area contributed by atoms with Crippen molar-refractivity contribution in [2.45, 2.75) is 52.4 Å². The first-order chi connectivity index (χ1) is 52.8. The summed E-state index contributed by atoms with van der Waals surface area (Å²) in [4.78, 5) is 12.1. The molecule has 518 valence electrons. The van der Waals surface area contributed by atoms with Gasteiger partial charge in [0.2, 0.25) is 5.95 Å². The lowest BCUT2D eigenvalue weighted by Crippen LogP contribution is -2.78. The lowest BCUT2D eigenvalue weighted by atomic mass is 9.85. The van der Waals surface area contributed by atoms with Crippen molar-refractivity contribution in [1.29, 1.82) is 0 Å². The molecule has 18 rings (SSSR count). The Hall–Kier alpha value is -12.6. The normalized spacial score (nSPS) is 12.2. The van der Waals surface area contributed by atoms with Gasteiger partial charge in [0, 0.05) is 33.2 Å². The van der Waals surface area contributed by atoms with Gasteiger partial charge >= 0.3 is 0 Å². The summed E-state index contributed by atoms with van der Waals surface area (Å²) in [7, 11) is -7.17. The molecule has 0 aliphatic heterocycles. The van der Waals surface area contributed by atoms with E-state index in [1.165, 1.54) is 85.6 Å². The van der Waals surface area contributed by atoms with E-state index in [0.717, 1.165) is 72.2 Å². The predicted octanol–water partition coefficient (Wildman–Crippen LogP) is 20.4. The molecule has 3 heterocycles. The van der Waals surface area contributed by atoms with Gasteiger partial charge in [-0.1, -0.05) is 387 Å². The number of benzene rings is 15. The summed E-state index contributed by atoms with van der Waals surface area (Å²) < 4.78 is 4.73. The minimum Gasteiger partial charge on any atom is -0.294 e. The Labute approximate surface area is 635 Å². The topological polar surface area (TPSA) is 35.6 Å². The predicted molar refractivity (Wildman–Crippen MR) is 463 cm³/mol. The Bertz CT molecular complexity index is 5780. The van der Waals surface area contributed by atoms with Crippen LogP contribution in [0.4, 0.5) is 0 Å². The van der Waals surface area contributed by atoms with Crippen LogP contribution in [0.25, 0.3) is 111 Å². The lowest BCUT2D eigenvalue weighted by Gasteiger charge is -2.38. The maximum absolute atomic E-state index is 6.14. The van der Waals surface area contributed by atoms with E-state index in [-0.39, 0.29) is 10.8 Å². The third-order valence-corrected chi connectivity index (χ3v) is 31.9. The van der Waals surface area contributed by atoms with Crippen LogP contribution in [-0.2, 0) is 10.8 Å². The number of hydrogen-bond acceptors (Lipinski definition) is 2. The maximum Gasteiger partial charge on any atom is 0.237 e. The average molecular weight is 1420 g/mol. The Morgan fingerprint density at radius 1 is 0.213 bits per heavy atom. The van der Waals surface area contributed by atoms with Gasteiger partial charge < -0.3 is 0 Å². The van der Waals surface area contributed by atoms with Crippen LogP contribution in [0.2, 0.25) is 0 Å². The van der Waals surface area contributed by atoms with Crippen LogP contribution in [-0.4, -0.2) is 35.2 Å². The summed E-state index contributed by atoms with van der Waals surface area (Å²) in [6.45, 7) is 13.9. The van der Waals surface area contributed by atoms with Crippen LogP contribution in [0.1, 0.15) is 52.7 Å². The Balaban J connectivity index is 1.02. The number of rotatable bonds is 15. The van der Waals surface area contributed by atoms with Gasteiger partial charge in [0.05, 0.1) is 27.8 Å². The molecule has 0 N–H and O–H groups in total. The second-order valence-electron chi connectivity index (χ2n) is 30.9. The van der Waals surface area contributed by atoms with Gasteiger partial charge in [0.1, 0.15) is 5.82 Å². The molecule has 0 aliphatic rings. The molecule has 18 aromatic rings. The zero-order valence-electron chi connectivity index (χ0n) is 61.7. The fourth-order valence-corrected chi connectivity index (χ4v) is 26.6. The first kappa shape index (κ1) is 67.3. The largest absolute Gasteiger partial charge is 0.294 e. The van der Waals surface area contributed by atoms with Crippen LogP contribution in [0.3, 0.4) is 0 Å². The minimum absolute atomic E-state index is 0.100. The molecule has 0 radical (unpaired) electrons. The van der Waals surface area contributed by atoms with E-state index in [1.807, 2.05) is 0 Å². The zero-order chi connectivity index (χ0) is 73.1. The lowest BCUT2D eigenvalue weighted by molar-refractivity contribution is 0.590. The van der Waals surface area contributed by atoms with E-state index in [1.54, 1.807) is 0 Å². The Morgan fingerprint density at radius 3 is 0.833 bits per heavy atom. The van der Waals surface area contributed by atoms with Crippen LogP contribution < -0.4 is 41.5 Å². The van der Waals surface area contributed by atoms with Crippen molar-refractivity contribution in [3.05, 3.63) is 399 Å². The SMILES string of the molecule is CC(C)(C)c1ccc2c(c1)c1cc(C(C)(C)C)ccc1n2-c1cc(-c2cc([Si](c3ccccc3)(c3ccc(-c4ccccc4)cc3)c3ccc(-c4ccccc4)cc3)cc([Si](c3ccccc3)(c3ccc(-c4ccccc4)cc3)c3ccc(-c4ccccc4)cc3)c2)nc(-n2c3ccccc3c3ccccc32)n1. The van der Waals surface area contributed by atoms with E-state index < -0.39 is 16.1 Å². The van der Waals surface area contributed by atoms with Gasteiger partial charge in [-0.05, 0) is 144 Å². The van der Waals surface area contributed by atoms with Crippen LogP contribution >= 0.6 is 0 Å². The van der Waals surface area contributed by atoms with Crippen LogP contribution in [0.15, 0.2) is 388 Å².